The van der Waals surface area contributed by atoms with Crippen LogP contribution in [0.25, 0.3) is 11.4 Å². The average molecular weight is 233 g/mol. The van der Waals surface area contributed by atoms with E-state index in [-0.39, 0.29) is 0 Å². The van der Waals surface area contributed by atoms with E-state index in [0.29, 0.717) is 0 Å². The summed E-state index contributed by atoms with van der Waals surface area (Å²) in [5.74, 6) is 1.52. The zero-order valence-electron chi connectivity index (χ0n) is 9.52. The summed E-state index contributed by atoms with van der Waals surface area (Å²) in [6, 6.07) is 1.87. The van der Waals surface area contributed by atoms with Crippen LogP contribution in [0.15, 0.2) is 23.0 Å². The van der Waals surface area contributed by atoms with Gasteiger partial charge < -0.3 is 14.6 Å². The number of hydrogen-bond donors (Lipinski definition) is 2. The summed E-state index contributed by atoms with van der Waals surface area (Å²) in [6.07, 6.45) is 4.41. The summed E-state index contributed by atoms with van der Waals surface area (Å²) in [6.45, 7) is 3.99. The molecular formula is C11H15N5O. The number of aromatic nitrogens is 3. The van der Waals surface area contributed by atoms with Crippen LogP contribution >= 0.6 is 0 Å². The molecule has 0 atom stereocenters. The normalized spacial score (nSPS) is 17.1. The fourth-order valence-corrected chi connectivity index (χ4v) is 1.97. The molecule has 0 aromatic carbocycles. The number of nitrogens with zero attached hydrogens (tertiary/aromatic N) is 3. The molecule has 1 aliphatic heterocycles. The number of aromatic amines is 1. The second-order valence-electron chi connectivity index (χ2n) is 4.09. The molecule has 90 valence electrons. The number of furan rings is 1. The second-order valence-corrected chi connectivity index (χ2v) is 4.09. The Labute approximate surface area is 99.0 Å². The van der Waals surface area contributed by atoms with E-state index in [1.165, 1.54) is 0 Å². The van der Waals surface area contributed by atoms with Gasteiger partial charge in [0.2, 0.25) is 5.95 Å². The van der Waals surface area contributed by atoms with Crippen molar-refractivity contribution in [3.05, 3.63) is 18.6 Å². The Morgan fingerprint density at radius 1 is 1.29 bits per heavy atom. The highest BCUT2D eigenvalue weighted by Crippen LogP contribution is 2.18. The number of anilines is 1. The molecule has 6 heteroatoms. The van der Waals surface area contributed by atoms with E-state index >= 15 is 0 Å². The molecular weight excluding hydrogens is 218 g/mol. The summed E-state index contributed by atoms with van der Waals surface area (Å²) in [5.41, 5.74) is 0.927. The molecule has 3 heterocycles. The van der Waals surface area contributed by atoms with Crippen LogP contribution in [0.3, 0.4) is 0 Å². The standard InChI is InChI=1S/C11H15N5O/c1-3-12-4-6-16(5-1)11-13-10(14-15-11)9-2-7-17-8-9/h2,7-8,12H,1,3-6H2,(H,13,14,15). The number of hydrogen-bond acceptors (Lipinski definition) is 5. The molecule has 17 heavy (non-hydrogen) atoms. The molecule has 0 radical (unpaired) electrons. The van der Waals surface area contributed by atoms with E-state index in [1.807, 2.05) is 6.07 Å². The van der Waals surface area contributed by atoms with Gasteiger partial charge >= 0.3 is 0 Å². The highest BCUT2D eigenvalue weighted by Gasteiger charge is 2.14. The zero-order valence-corrected chi connectivity index (χ0v) is 9.52. The predicted molar refractivity (Wildman–Crippen MR) is 63.8 cm³/mol. The third-order valence-corrected chi connectivity index (χ3v) is 2.89. The van der Waals surface area contributed by atoms with Crippen LogP contribution in [0.1, 0.15) is 6.42 Å². The van der Waals surface area contributed by atoms with Crippen LogP contribution in [0.2, 0.25) is 0 Å². The minimum atomic E-state index is 0.756. The van der Waals surface area contributed by atoms with E-state index in [9.17, 15) is 0 Å². The first kappa shape index (κ1) is 10.3. The van der Waals surface area contributed by atoms with Gasteiger partial charge in [0.05, 0.1) is 11.8 Å². The topological polar surface area (TPSA) is 70.0 Å². The van der Waals surface area contributed by atoms with Gasteiger partial charge in [-0.3, -0.25) is 5.10 Å². The van der Waals surface area contributed by atoms with E-state index in [2.05, 4.69) is 25.4 Å². The summed E-state index contributed by atoms with van der Waals surface area (Å²) >= 11 is 0. The summed E-state index contributed by atoms with van der Waals surface area (Å²) in [7, 11) is 0. The highest BCUT2D eigenvalue weighted by atomic mass is 16.3. The fraction of sp³-hybridized carbons (Fsp3) is 0.455. The minimum absolute atomic E-state index is 0.756. The highest BCUT2D eigenvalue weighted by molar-refractivity contribution is 5.54. The Balaban J connectivity index is 1.79. The average Bonchev–Trinajstić information content (AvgIpc) is 2.95. The Morgan fingerprint density at radius 2 is 2.29 bits per heavy atom. The molecule has 2 N–H and O–H groups in total. The minimum Gasteiger partial charge on any atom is -0.472 e. The lowest BCUT2D eigenvalue weighted by molar-refractivity contribution is 0.568. The van der Waals surface area contributed by atoms with Crippen LogP contribution in [-0.4, -0.2) is 41.4 Å². The lowest BCUT2D eigenvalue weighted by Gasteiger charge is -2.16. The predicted octanol–water partition coefficient (Wildman–Crippen LogP) is 0.864. The molecule has 2 aromatic heterocycles. The lowest BCUT2D eigenvalue weighted by atomic mass is 10.3. The van der Waals surface area contributed by atoms with Crippen molar-refractivity contribution >= 4 is 5.95 Å². The van der Waals surface area contributed by atoms with Crippen LogP contribution in [0.5, 0.6) is 0 Å². The van der Waals surface area contributed by atoms with Crippen molar-refractivity contribution in [2.45, 2.75) is 6.42 Å². The van der Waals surface area contributed by atoms with Crippen molar-refractivity contribution in [1.29, 1.82) is 0 Å². The van der Waals surface area contributed by atoms with Crippen molar-refractivity contribution in [3.8, 4) is 11.4 Å². The van der Waals surface area contributed by atoms with E-state index in [0.717, 1.165) is 49.9 Å². The van der Waals surface area contributed by atoms with Gasteiger partial charge in [-0.2, -0.15) is 4.98 Å². The Bertz CT molecular complexity index is 456. The number of nitrogens with one attached hydrogen (secondary N) is 2. The maximum Gasteiger partial charge on any atom is 0.245 e. The second kappa shape index (κ2) is 4.58. The van der Waals surface area contributed by atoms with Gasteiger partial charge in [-0.25, -0.2) is 0 Å². The monoisotopic (exact) mass is 233 g/mol. The maximum absolute atomic E-state index is 5.03. The molecule has 0 saturated carbocycles. The summed E-state index contributed by atoms with van der Waals surface area (Å²) in [4.78, 5) is 6.68. The van der Waals surface area contributed by atoms with Gasteiger partial charge in [-0.15, -0.1) is 5.10 Å². The van der Waals surface area contributed by atoms with Crippen LogP contribution in [-0.2, 0) is 0 Å². The van der Waals surface area contributed by atoms with Gasteiger partial charge in [0.25, 0.3) is 0 Å². The molecule has 0 aliphatic carbocycles. The fourth-order valence-electron chi connectivity index (χ4n) is 1.97. The first-order chi connectivity index (χ1) is 8.43. The van der Waals surface area contributed by atoms with Crippen molar-refractivity contribution in [1.82, 2.24) is 20.5 Å². The van der Waals surface area contributed by atoms with Crippen molar-refractivity contribution in [2.75, 3.05) is 31.1 Å². The van der Waals surface area contributed by atoms with Gasteiger partial charge in [0.1, 0.15) is 6.26 Å². The lowest BCUT2D eigenvalue weighted by Crippen LogP contribution is -2.28. The molecule has 0 spiro atoms. The van der Waals surface area contributed by atoms with E-state index < -0.39 is 0 Å². The smallest absolute Gasteiger partial charge is 0.245 e. The largest absolute Gasteiger partial charge is 0.472 e. The Kier molecular flexibility index (Phi) is 2.79. The van der Waals surface area contributed by atoms with Gasteiger partial charge in [-0.05, 0) is 19.0 Å². The van der Waals surface area contributed by atoms with E-state index in [1.54, 1.807) is 12.5 Å². The third-order valence-electron chi connectivity index (χ3n) is 2.89. The number of rotatable bonds is 2. The zero-order chi connectivity index (χ0) is 11.5. The van der Waals surface area contributed by atoms with Crippen LogP contribution in [0, 0.1) is 0 Å². The number of H-pyrrole nitrogens is 1. The van der Waals surface area contributed by atoms with Crippen molar-refractivity contribution in [3.63, 3.8) is 0 Å². The summed E-state index contributed by atoms with van der Waals surface area (Å²) < 4.78 is 5.03. The molecule has 0 amide bonds. The summed E-state index contributed by atoms with van der Waals surface area (Å²) in [5, 5.41) is 10.6. The molecule has 6 nitrogen and oxygen atoms in total. The van der Waals surface area contributed by atoms with Gasteiger partial charge in [0.15, 0.2) is 5.82 Å². The first-order valence-corrected chi connectivity index (χ1v) is 5.84. The van der Waals surface area contributed by atoms with Gasteiger partial charge in [-0.1, -0.05) is 0 Å². The Morgan fingerprint density at radius 3 is 3.18 bits per heavy atom. The maximum atomic E-state index is 5.03. The molecule has 2 aromatic rings. The first-order valence-electron chi connectivity index (χ1n) is 5.84. The van der Waals surface area contributed by atoms with Crippen molar-refractivity contribution in [2.24, 2.45) is 0 Å². The molecule has 0 bridgehead atoms. The van der Waals surface area contributed by atoms with Crippen molar-refractivity contribution < 1.29 is 4.42 Å². The molecule has 1 aliphatic rings. The van der Waals surface area contributed by atoms with Gasteiger partial charge in [0, 0.05) is 19.6 Å². The Hall–Kier alpha value is -1.82. The molecule has 1 fully saturated rings. The third kappa shape index (κ3) is 2.16. The SMILES string of the molecule is c1cc(-c2nc(N3CCCNCC3)n[nH]2)co1. The van der Waals surface area contributed by atoms with E-state index in [4.69, 9.17) is 4.42 Å². The van der Waals surface area contributed by atoms with Crippen LogP contribution in [0.4, 0.5) is 5.95 Å². The molecule has 0 unspecified atom stereocenters. The molecule has 3 rings (SSSR count). The van der Waals surface area contributed by atoms with Crippen LogP contribution < -0.4 is 10.2 Å². The molecule has 1 saturated heterocycles. The quantitative estimate of drug-likeness (QED) is 0.805.